The lowest BCUT2D eigenvalue weighted by atomic mass is 10.0. The number of ether oxygens (including phenoxy) is 3. The van der Waals surface area contributed by atoms with Gasteiger partial charge >= 0.3 is 0 Å². The van der Waals surface area contributed by atoms with Gasteiger partial charge in [0.2, 0.25) is 0 Å². The van der Waals surface area contributed by atoms with E-state index in [-0.39, 0.29) is 30.0 Å². The van der Waals surface area contributed by atoms with Crippen LogP contribution in [0.3, 0.4) is 0 Å². The van der Waals surface area contributed by atoms with Gasteiger partial charge < -0.3 is 24.8 Å². The first kappa shape index (κ1) is 26.6. The number of hydrogen-bond donors (Lipinski definition) is 2. The van der Waals surface area contributed by atoms with Crippen molar-refractivity contribution in [2.24, 2.45) is 4.99 Å². The zero-order chi connectivity index (χ0) is 22.1. The maximum Gasteiger partial charge on any atom is 0.191 e. The van der Waals surface area contributed by atoms with Crippen LogP contribution in [0.15, 0.2) is 28.6 Å². The number of thiazole rings is 1. The molecule has 1 fully saturated rings. The molecule has 3 rings (SSSR count). The molecular weight excluding hydrogens is 541 g/mol. The molecule has 0 radical (unpaired) electrons. The predicted octanol–water partition coefficient (Wildman–Crippen LogP) is 2.87. The van der Waals surface area contributed by atoms with Crippen molar-refractivity contribution in [2.75, 3.05) is 60.7 Å². The lowest BCUT2D eigenvalue weighted by Gasteiger charge is -2.35. The number of guanidine groups is 1. The van der Waals surface area contributed by atoms with Crippen molar-refractivity contribution in [3.8, 4) is 11.5 Å². The summed E-state index contributed by atoms with van der Waals surface area (Å²) in [6.45, 7) is 6.77. The van der Waals surface area contributed by atoms with Crippen molar-refractivity contribution in [3.05, 3.63) is 39.8 Å². The van der Waals surface area contributed by atoms with E-state index >= 15 is 0 Å². The van der Waals surface area contributed by atoms with Gasteiger partial charge in [-0.15, -0.1) is 35.3 Å². The molecule has 1 aliphatic rings. The summed E-state index contributed by atoms with van der Waals surface area (Å²) in [6, 6.07) is 6.28. The molecule has 0 spiro atoms. The lowest BCUT2D eigenvalue weighted by molar-refractivity contribution is 0.0169. The Hall–Kier alpha value is -1.63. The molecule has 0 amide bonds. The van der Waals surface area contributed by atoms with Crippen molar-refractivity contribution < 1.29 is 14.2 Å². The van der Waals surface area contributed by atoms with E-state index in [1.807, 2.05) is 13.0 Å². The third-order valence-electron chi connectivity index (χ3n) is 5.31. The van der Waals surface area contributed by atoms with Crippen molar-refractivity contribution >= 4 is 41.3 Å². The molecule has 1 saturated heterocycles. The van der Waals surface area contributed by atoms with Crippen molar-refractivity contribution in [1.29, 1.82) is 0 Å². The van der Waals surface area contributed by atoms with Gasteiger partial charge in [0, 0.05) is 45.0 Å². The zero-order valence-corrected chi connectivity index (χ0v) is 22.4. The van der Waals surface area contributed by atoms with Gasteiger partial charge in [-0.2, -0.15) is 0 Å². The van der Waals surface area contributed by atoms with Crippen LogP contribution in [-0.2, 0) is 11.2 Å². The Morgan fingerprint density at radius 2 is 1.97 bits per heavy atom. The molecule has 2 heterocycles. The molecule has 1 unspecified atom stereocenters. The maximum absolute atomic E-state index is 5.56. The molecule has 10 heteroatoms. The first-order valence-electron chi connectivity index (χ1n) is 10.5. The summed E-state index contributed by atoms with van der Waals surface area (Å²) >= 11 is 1.68. The number of morpholine rings is 1. The summed E-state index contributed by atoms with van der Waals surface area (Å²) in [5, 5.41) is 10.1. The Morgan fingerprint density at radius 1 is 1.22 bits per heavy atom. The first-order valence-corrected chi connectivity index (χ1v) is 11.4. The highest BCUT2D eigenvalue weighted by molar-refractivity contribution is 14.0. The largest absolute Gasteiger partial charge is 0.493 e. The summed E-state index contributed by atoms with van der Waals surface area (Å²) in [6.07, 6.45) is 0.869. The highest BCUT2D eigenvalue weighted by Gasteiger charge is 2.24. The Balaban J connectivity index is 0.00000363. The Kier molecular flexibility index (Phi) is 11.5. The van der Waals surface area contributed by atoms with E-state index in [2.05, 4.69) is 43.0 Å². The molecule has 1 aliphatic heterocycles. The number of aliphatic imine (C=N–C) groups is 1. The molecular formula is C22H34IN5O3S. The fourth-order valence-corrected chi connectivity index (χ4v) is 4.30. The fraction of sp³-hybridized carbons (Fsp3) is 0.545. The van der Waals surface area contributed by atoms with Crippen LogP contribution in [0.1, 0.15) is 22.3 Å². The second-order valence-corrected chi connectivity index (χ2v) is 8.33. The number of benzene rings is 1. The van der Waals surface area contributed by atoms with Crippen molar-refractivity contribution in [3.63, 3.8) is 0 Å². The van der Waals surface area contributed by atoms with Crippen LogP contribution in [0, 0.1) is 6.92 Å². The van der Waals surface area contributed by atoms with Crippen LogP contribution in [0.2, 0.25) is 0 Å². The summed E-state index contributed by atoms with van der Waals surface area (Å²) in [4.78, 5) is 11.3. The van der Waals surface area contributed by atoms with E-state index in [9.17, 15) is 0 Å². The minimum Gasteiger partial charge on any atom is -0.493 e. The van der Waals surface area contributed by atoms with E-state index in [1.165, 1.54) is 5.56 Å². The smallest absolute Gasteiger partial charge is 0.191 e. The molecule has 178 valence electrons. The molecule has 1 aromatic heterocycles. The third kappa shape index (κ3) is 7.46. The van der Waals surface area contributed by atoms with E-state index in [1.54, 1.807) is 32.6 Å². The molecule has 1 aromatic carbocycles. The van der Waals surface area contributed by atoms with Gasteiger partial charge in [-0.25, -0.2) is 4.98 Å². The number of rotatable bonds is 9. The molecule has 0 saturated carbocycles. The van der Waals surface area contributed by atoms with Crippen LogP contribution in [0.5, 0.6) is 11.5 Å². The number of methoxy groups -OCH3 is 2. The SMILES string of the molecule is CN=C(NCCc1csc(C)n1)NCC(c1ccc(OC)c(OC)c1)N1CCOCC1.I. The molecule has 2 N–H and O–H groups in total. The van der Waals surface area contributed by atoms with Crippen LogP contribution in [-0.4, -0.2) is 76.5 Å². The molecule has 0 aliphatic carbocycles. The minimum absolute atomic E-state index is 0. The molecule has 8 nitrogen and oxygen atoms in total. The predicted molar refractivity (Wildman–Crippen MR) is 140 cm³/mol. The summed E-state index contributed by atoms with van der Waals surface area (Å²) in [5.74, 6) is 2.25. The Morgan fingerprint density at radius 3 is 2.59 bits per heavy atom. The normalized spacial score (nSPS) is 15.6. The summed E-state index contributed by atoms with van der Waals surface area (Å²) in [7, 11) is 5.11. The lowest BCUT2D eigenvalue weighted by Crippen LogP contribution is -2.46. The van der Waals surface area contributed by atoms with Gasteiger partial charge in [0.25, 0.3) is 0 Å². The minimum atomic E-state index is 0. The average molecular weight is 576 g/mol. The van der Waals surface area contributed by atoms with Gasteiger partial charge in [-0.3, -0.25) is 9.89 Å². The standard InChI is InChI=1S/C22H33N5O3S.HI/c1-16-26-18(15-31-16)7-8-24-22(23-2)25-14-19(27-9-11-30-12-10-27)17-5-6-20(28-3)21(13-17)29-4;/h5-6,13,15,19H,7-12,14H2,1-4H3,(H2,23,24,25);1H. The number of aromatic nitrogens is 1. The summed E-state index contributed by atoms with van der Waals surface area (Å²) < 4.78 is 16.5. The van der Waals surface area contributed by atoms with Gasteiger partial charge in [0.1, 0.15) is 0 Å². The monoisotopic (exact) mass is 575 g/mol. The van der Waals surface area contributed by atoms with Crippen LogP contribution < -0.4 is 20.1 Å². The van der Waals surface area contributed by atoms with E-state index < -0.39 is 0 Å². The fourth-order valence-electron chi connectivity index (χ4n) is 3.65. The Bertz CT molecular complexity index is 858. The number of aryl methyl sites for hydroxylation is 1. The second-order valence-electron chi connectivity index (χ2n) is 7.27. The molecule has 1 atom stereocenters. The maximum atomic E-state index is 5.56. The molecule has 2 aromatic rings. The first-order chi connectivity index (χ1) is 15.1. The van der Waals surface area contributed by atoms with Gasteiger partial charge in [0.05, 0.1) is 44.2 Å². The third-order valence-corrected chi connectivity index (χ3v) is 6.13. The zero-order valence-electron chi connectivity index (χ0n) is 19.2. The van der Waals surface area contributed by atoms with Crippen LogP contribution >= 0.6 is 35.3 Å². The number of nitrogens with zero attached hydrogens (tertiary/aromatic N) is 3. The van der Waals surface area contributed by atoms with E-state index in [0.717, 1.165) is 67.4 Å². The second kappa shape index (κ2) is 13.8. The highest BCUT2D eigenvalue weighted by Crippen LogP contribution is 2.32. The Labute approximate surface area is 211 Å². The highest BCUT2D eigenvalue weighted by atomic mass is 127. The van der Waals surface area contributed by atoms with E-state index in [4.69, 9.17) is 14.2 Å². The average Bonchev–Trinajstić information content (AvgIpc) is 3.23. The topological polar surface area (TPSA) is 80.2 Å². The van der Waals surface area contributed by atoms with Crippen molar-refractivity contribution in [2.45, 2.75) is 19.4 Å². The van der Waals surface area contributed by atoms with Gasteiger partial charge in [0.15, 0.2) is 17.5 Å². The number of nitrogens with one attached hydrogen (secondary N) is 2. The molecule has 32 heavy (non-hydrogen) atoms. The number of hydrogen-bond acceptors (Lipinski definition) is 7. The quantitative estimate of drug-likeness (QED) is 0.271. The van der Waals surface area contributed by atoms with Gasteiger partial charge in [-0.1, -0.05) is 6.07 Å². The number of halogens is 1. The molecule has 0 bridgehead atoms. The summed E-state index contributed by atoms with van der Waals surface area (Å²) in [5.41, 5.74) is 2.28. The van der Waals surface area contributed by atoms with E-state index in [0.29, 0.717) is 6.54 Å². The van der Waals surface area contributed by atoms with Crippen LogP contribution in [0.4, 0.5) is 0 Å². The van der Waals surface area contributed by atoms with Crippen molar-refractivity contribution in [1.82, 2.24) is 20.5 Å². The van der Waals surface area contributed by atoms with Crippen LogP contribution in [0.25, 0.3) is 0 Å². The van der Waals surface area contributed by atoms with Gasteiger partial charge in [-0.05, 0) is 24.6 Å².